The van der Waals surface area contributed by atoms with E-state index in [4.69, 9.17) is 17.3 Å². The van der Waals surface area contributed by atoms with Gasteiger partial charge in [0, 0.05) is 29.7 Å². The maximum Gasteiger partial charge on any atom is 0.254 e. The number of halogens is 2. The lowest BCUT2D eigenvalue weighted by atomic mass is 9.84. The van der Waals surface area contributed by atoms with E-state index in [1.54, 1.807) is 24.3 Å². The number of hydrogen-bond donors (Lipinski definition) is 2. The fourth-order valence-electron chi connectivity index (χ4n) is 4.04. The molecule has 1 aliphatic carbocycles. The number of rotatable bonds is 4. The van der Waals surface area contributed by atoms with Crippen molar-refractivity contribution in [1.29, 1.82) is 0 Å². The summed E-state index contributed by atoms with van der Waals surface area (Å²) in [6.45, 7) is 0.837. The molecule has 1 aliphatic heterocycles. The van der Waals surface area contributed by atoms with Gasteiger partial charge in [0.15, 0.2) is 0 Å². The van der Waals surface area contributed by atoms with E-state index in [1.165, 1.54) is 6.42 Å². The van der Waals surface area contributed by atoms with E-state index in [0.717, 1.165) is 25.7 Å². The van der Waals surface area contributed by atoms with Crippen LogP contribution in [0, 0.1) is 5.92 Å². The van der Waals surface area contributed by atoms with E-state index in [0.29, 0.717) is 29.6 Å². The number of nitrogens with one attached hydrogen (secondary N) is 1. The van der Waals surface area contributed by atoms with Gasteiger partial charge in [-0.25, -0.2) is 0 Å². The molecule has 1 heterocycles. The number of hydrogen-bond acceptors (Lipinski definition) is 3. The standard InChI is InChI=1S/C18H24ClN3O2.ClH/c19-14-7-5-12(6-8-14)18(24)22-15-4-2-1-3-13(15)11-16(22)17(23)21-10-9-20;/h5-8,13,15-16H,1-4,9-11,20H2,(H,21,23);1H. The SMILES string of the molecule is Cl.NCCNC(=O)C1CC2CCCCC2N1C(=O)c1ccc(Cl)cc1. The summed E-state index contributed by atoms with van der Waals surface area (Å²) >= 11 is 5.92. The Balaban J connectivity index is 0.00000225. The minimum absolute atomic E-state index is 0. The summed E-state index contributed by atoms with van der Waals surface area (Å²) in [5.41, 5.74) is 6.07. The molecule has 138 valence electrons. The maximum atomic E-state index is 13.1. The van der Waals surface area contributed by atoms with Crippen molar-refractivity contribution >= 4 is 35.8 Å². The van der Waals surface area contributed by atoms with Crippen molar-refractivity contribution in [2.24, 2.45) is 11.7 Å². The smallest absolute Gasteiger partial charge is 0.254 e. The van der Waals surface area contributed by atoms with E-state index in [-0.39, 0.29) is 30.3 Å². The molecule has 0 aromatic heterocycles. The van der Waals surface area contributed by atoms with Crippen molar-refractivity contribution < 1.29 is 9.59 Å². The average molecular weight is 386 g/mol. The molecule has 0 bridgehead atoms. The molecule has 1 saturated carbocycles. The van der Waals surface area contributed by atoms with Crippen LogP contribution in [0.2, 0.25) is 5.02 Å². The molecule has 5 nitrogen and oxygen atoms in total. The Bertz CT molecular complexity index is 609. The zero-order valence-electron chi connectivity index (χ0n) is 14.1. The normalized spacial score (nSPS) is 25.0. The fourth-order valence-corrected chi connectivity index (χ4v) is 4.17. The van der Waals surface area contributed by atoms with Gasteiger partial charge in [-0.3, -0.25) is 9.59 Å². The Hall–Kier alpha value is -1.30. The molecule has 0 spiro atoms. The van der Waals surface area contributed by atoms with Crippen LogP contribution in [-0.2, 0) is 4.79 Å². The summed E-state index contributed by atoms with van der Waals surface area (Å²) in [4.78, 5) is 27.5. The number of nitrogens with two attached hydrogens (primary N) is 1. The molecule has 3 atom stereocenters. The second-order valence-corrected chi connectivity index (χ2v) is 7.10. The molecule has 3 unspecified atom stereocenters. The van der Waals surface area contributed by atoms with Crippen molar-refractivity contribution in [1.82, 2.24) is 10.2 Å². The van der Waals surface area contributed by atoms with Crippen molar-refractivity contribution in [3.8, 4) is 0 Å². The van der Waals surface area contributed by atoms with Crippen LogP contribution in [0.4, 0.5) is 0 Å². The highest BCUT2D eigenvalue weighted by atomic mass is 35.5. The van der Waals surface area contributed by atoms with Gasteiger partial charge in [0.05, 0.1) is 0 Å². The lowest BCUT2D eigenvalue weighted by molar-refractivity contribution is -0.125. The van der Waals surface area contributed by atoms with Gasteiger partial charge in [-0.1, -0.05) is 24.4 Å². The molecule has 2 aliphatic rings. The molecule has 3 rings (SSSR count). The van der Waals surface area contributed by atoms with Gasteiger partial charge in [-0.05, 0) is 49.4 Å². The van der Waals surface area contributed by atoms with Gasteiger partial charge in [-0.15, -0.1) is 12.4 Å². The predicted molar refractivity (Wildman–Crippen MR) is 101 cm³/mol. The van der Waals surface area contributed by atoms with Crippen molar-refractivity contribution in [3.63, 3.8) is 0 Å². The Morgan fingerprint density at radius 3 is 2.56 bits per heavy atom. The van der Waals surface area contributed by atoms with Gasteiger partial charge in [-0.2, -0.15) is 0 Å². The topological polar surface area (TPSA) is 75.4 Å². The van der Waals surface area contributed by atoms with Crippen LogP contribution >= 0.6 is 24.0 Å². The van der Waals surface area contributed by atoms with Gasteiger partial charge < -0.3 is 16.0 Å². The molecule has 1 aromatic rings. The number of nitrogens with zero attached hydrogens (tertiary/aromatic N) is 1. The zero-order valence-corrected chi connectivity index (χ0v) is 15.7. The molecule has 1 aromatic carbocycles. The molecule has 2 amide bonds. The van der Waals surface area contributed by atoms with E-state index in [1.807, 2.05) is 4.90 Å². The summed E-state index contributed by atoms with van der Waals surface area (Å²) in [6.07, 6.45) is 5.12. The molecular weight excluding hydrogens is 361 g/mol. The first-order chi connectivity index (χ1) is 11.6. The van der Waals surface area contributed by atoms with Crippen LogP contribution < -0.4 is 11.1 Å². The van der Waals surface area contributed by atoms with Crippen molar-refractivity contribution in [2.45, 2.75) is 44.2 Å². The second-order valence-electron chi connectivity index (χ2n) is 6.66. The second kappa shape index (κ2) is 8.88. The molecule has 1 saturated heterocycles. The van der Waals surface area contributed by atoms with Gasteiger partial charge >= 0.3 is 0 Å². The first-order valence-corrected chi connectivity index (χ1v) is 9.05. The van der Waals surface area contributed by atoms with Crippen molar-refractivity contribution in [3.05, 3.63) is 34.9 Å². The largest absolute Gasteiger partial charge is 0.353 e. The quantitative estimate of drug-likeness (QED) is 0.835. The highest BCUT2D eigenvalue weighted by Gasteiger charge is 2.47. The molecule has 3 N–H and O–H groups in total. The van der Waals surface area contributed by atoms with Crippen LogP contribution in [0.15, 0.2) is 24.3 Å². The van der Waals surface area contributed by atoms with E-state index in [9.17, 15) is 9.59 Å². The molecular formula is C18H25Cl2N3O2. The van der Waals surface area contributed by atoms with Crippen LogP contribution in [0.5, 0.6) is 0 Å². The third-order valence-corrected chi connectivity index (χ3v) is 5.41. The summed E-state index contributed by atoms with van der Waals surface area (Å²) < 4.78 is 0. The fraction of sp³-hybridized carbons (Fsp3) is 0.556. The molecule has 7 heteroatoms. The number of carbonyl (C=O) groups is 2. The van der Waals surface area contributed by atoms with Crippen LogP contribution in [-0.4, -0.2) is 41.9 Å². The number of amides is 2. The zero-order chi connectivity index (χ0) is 17.1. The molecule has 0 radical (unpaired) electrons. The summed E-state index contributed by atoms with van der Waals surface area (Å²) in [5.74, 6) is 0.259. The lowest BCUT2D eigenvalue weighted by Crippen LogP contribution is -2.50. The van der Waals surface area contributed by atoms with E-state index >= 15 is 0 Å². The van der Waals surface area contributed by atoms with Crippen LogP contribution in [0.25, 0.3) is 0 Å². The third-order valence-electron chi connectivity index (χ3n) is 5.16. The van der Waals surface area contributed by atoms with Crippen molar-refractivity contribution in [2.75, 3.05) is 13.1 Å². The minimum Gasteiger partial charge on any atom is -0.353 e. The van der Waals surface area contributed by atoms with Gasteiger partial charge in [0.1, 0.15) is 6.04 Å². The summed E-state index contributed by atoms with van der Waals surface area (Å²) in [5, 5.41) is 3.45. The van der Waals surface area contributed by atoms with Crippen LogP contribution in [0.3, 0.4) is 0 Å². The first-order valence-electron chi connectivity index (χ1n) is 8.68. The van der Waals surface area contributed by atoms with Gasteiger partial charge in [0.25, 0.3) is 5.91 Å². The summed E-state index contributed by atoms with van der Waals surface area (Å²) in [7, 11) is 0. The maximum absolute atomic E-state index is 13.1. The number of carbonyl (C=O) groups excluding carboxylic acids is 2. The van der Waals surface area contributed by atoms with Crippen LogP contribution in [0.1, 0.15) is 42.5 Å². The predicted octanol–water partition coefficient (Wildman–Crippen LogP) is 2.61. The van der Waals surface area contributed by atoms with E-state index < -0.39 is 6.04 Å². The first kappa shape index (κ1) is 20.0. The molecule has 25 heavy (non-hydrogen) atoms. The number of likely N-dealkylation sites (tertiary alicyclic amines) is 1. The molecule has 2 fully saturated rings. The Labute approximate surface area is 159 Å². The lowest BCUT2D eigenvalue weighted by Gasteiger charge is -2.33. The Morgan fingerprint density at radius 1 is 1.20 bits per heavy atom. The minimum atomic E-state index is -0.396. The van der Waals surface area contributed by atoms with Gasteiger partial charge in [0.2, 0.25) is 5.91 Å². The highest BCUT2D eigenvalue weighted by molar-refractivity contribution is 6.30. The number of benzene rings is 1. The highest BCUT2D eigenvalue weighted by Crippen LogP contribution is 2.40. The monoisotopic (exact) mass is 385 g/mol. The average Bonchev–Trinajstić information content (AvgIpc) is 2.99. The van der Waals surface area contributed by atoms with E-state index in [2.05, 4.69) is 5.32 Å². The number of fused-ring (bicyclic) bond motifs is 1. The summed E-state index contributed by atoms with van der Waals surface area (Å²) in [6, 6.07) is 6.66. The Morgan fingerprint density at radius 2 is 1.88 bits per heavy atom. The third kappa shape index (κ3) is 4.27. The Kier molecular flexibility index (Phi) is 7.11.